The third-order valence-corrected chi connectivity index (χ3v) is 7.54. The number of nitrogens with zero attached hydrogens (tertiary/aromatic N) is 2. The van der Waals surface area contributed by atoms with Crippen LogP contribution in [0, 0.1) is 0 Å². The molecule has 0 bridgehead atoms. The van der Waals surface area contributed by atoms with Crippen molar-refractivity contribution >= 4 is 65.6 Å². The number of rotatable bonds is 4. The van der Waals surface area contributed by atoms with Crippen molar-refractivity contribution < 1.29 is 8.60 Å². The standard InChI is InChI=1S/C20H18FN3OS3/c1-20(2,3)28(25)24-17(19-23-13-9-5-7-11-15(13)27-19)16(21)18-22-12-8-4-6-10-14(12)26-18/h4-11,24H,1-3H3/b17-16+. The lowest BCUT2D eigenvalue weighted by atomic mass is 10.3. The fraction of sp³-hybridized carbons (Fsp3) is 0.200. The summed E-state index contributed by atoms with van der Waals surface area (Å²) in [4.78, 5) is 8.96. The largest absolute Gasteiger partial charge is 0.299 e. The van der Waals surface area contributed by atoms with Crippen LogP contribution in [0.5, 0.6) is 0 Å². The third kappa shape index (κ3) is 3.72. The molecular weight excluding hydrogens is 413 g/mol. The molecule has 4 aromatic rings. The van der Waals surface area contributed by atoms with Crippen LogP contribution in [-0.2, 0) is 11.0 Å². The summed E-state index contributed by atoms with van der Waals surface area (Å²) in [7, 11) is -1.51. The molecule has 0 saturated heterocycles. The molecule has 8 heteroatoms. The van der Waals surface area contributed by atoms with Crippen LogP contribution in [0.4, 0.5) is 4.39 Å². The van der Waals surface area contributed by atoms with Crippen molar-refractivity contribution in [1.82, 2.24) is 14.7 Å². The molecule has 0 aliphatic rings. The zero-order valence-electron chi connectivity index (χ0n) is 15.5. The Hall–Kier alpha value is -2.16. The Morgan fingerprint density at radius 1 is 0.929 bits per heavy atom. The molecule has 4 nitrogen and oxygen atoms in total. The van der Waals surface area contributed by atoms with E-state index in [1.807, 2.05) is 69.3 Å². The van der Waals surface area contributed by atoms with Crippen LogP contribution < -0.4 is 4.72 Å². The van der Waals surface area contributed by atoms with Gasteiger partial charge in [-0.25, -0.2) is 18.6 Å². The fourth-order valence-corrected chi connectivity index (χ4v) is 5.09. The lowest BCUT2D eigenvalue weighted by Gasteiger charge is -2.19. The van der Waals surface area contributed by atoms with E-state index in [0.29, 0.717) is 5.01 Å². The first kappa shape index (κ1) is 19.2. The molecule has 144 valence electrons. The molecule has 0 amide bonds. The van der Waals surface area contributed by atoms with E-state index in [1.165, 1.54) is 22.7 Å². The average Bonchev–Trinajstić information content (AvgIpc) is 3.28. The number of halogens is 1. The van der Waals surface area contributed by atoms with Gasteiger partial charge < -0.3 is 0 Å². The summed E-state index contributed by atoms with van der Waals surface area (Å²) in [5.74, 6) is -0.544. The van der Waals surface area contributed by atoms with Gasteiger partial charge in [-0.05, 0) is 45.0 Å². The highest BCUT2D eigenvalue weighted by atomic mass is 32.2. The van der Waals surface area contributed by atoms with Gasteiger partial charge in [0.05, 0.1) is 25.2 Å². The molecule has 0 aliphatic heterocycles. The van der Waals surface area contributed by atoms with Crippen LogP contribution >= 0.6 is 22.7 Å². The van der Waals surface area contributed by atoms with Crippen molar-refractivity contribution in [2.24, 2.45) is 0 Å². The Morgan fingerprint density at radius 2 is 1.43 bits per heavy atom. The first-order chi connectivity index (χ1) is 13.3. The highest BCUT2D eigenvalue weighted by Crippen LogP contribution is 2.35. The molecule has 1 unspecified atom stereocenters. The highest BCUT2D eigenvalue weighted by Gasteiger charge is 2.26. The van der Waals surface area contributed by atoms with Gasteiger partial charge in [-0.2, -0.15) is 0 Å². The summed E-state index contributed by atoms with van der Waals surface area (Å²) in [6, 6.07) is 15.1. The summed E-state index contributed by atoms with van der Waals surface area (Å²) in [5, 5.41) is 0.699. The molecule has 0 saturated carbocycles. The zero-order valence-corrected chi connectivity index (χ0v) is 18.0. The molecule has 0 aliphatic carbocycles. The van der Waals surface area contributed by atoms with Crippen LogP contribution in [0.15, 0.2) is 48.5 Å². The molecule has 0 spiro atoms. The van der Waals surface area contributed by atoms with E-state index in [2.05, 4.69) is 14.7 Å². The monoisotopic (exact) mass is 431 g/mol. The maximum Gasteiger partial charge on any atom is 0.186 e. The molecule has 1 atom stereocenters. The van der Waals surface area contributed by atoms with E-state index in [1.54, 1.807) is 0 Å². The third-order valence-electron chi connectivity index (χ3n) is 3.96. The molecule has 2 aromatic heterocycles. The summed E-state index contributed by atoms with van der Waals surface area (Å²) in [6.45, 7) is 5.50. The SMILES string of the molecule is CC(C)(C)S(=O)N/C(=C(/F)c1nc2ccccc2s1)c1nc2ccccc2s1. The number of nitrogens with one attached hydrogen (secondary N) is 1. The normalized spacial score (nSPS) is 14.3. The average molecular weight is 432 g/mol. The van der Waals surface area contributed by atoms with Gasteiger partial charge in [-0.3, -0.25) is 4.72 Å². The second kappa shape index (κ2) is 7.35. The maximum atomic E-state index is 15.6. The van der Waals surface area contributed by atoms with Gasteiger partial charge in [0.25, 0.3) is 0 Å². The molecule has 0 fully saturated rings. The van der Waals surface area contributed by atoms with Crippen LogP contribution in [0.25, 0.3) is 32.0 Å². The number of para-hydroxylation sites is 2. The van der Waals surface area contributed by atoms with E-state index in [9.17, 15) is 4.21 Å². The molecule has 2 aromatic carbocycles. The molecule has 4 rings (SSSR count). The molecule has 28 heavy (non-hydrogen) atoms. The van der Waals surface area contributed by atoms with Gasteiger partial charge in [-0.15, -0.1) is 22.7 Å². The molecular formula is C20H18FN3OS3. The number of fused-ring (bicyclic) bond motifs is 2. The first-order valence-corrected chi connectivity index (χ1v) is 11.4. The molecule has 2 heterocycles. The Kier molecular flexibility index (Phi) is 5.03. The zero-order chi connectivity index (χ0) is 19.9. The van der Waals surface area contributed by atoms with Crippen LogP contribution in [0.2, 0.25) is 0 Å². The number of hydrogen-bond acceptors (Lipinski definition) is 5. The molecule has 0 radical (unpaired) electrons. The van der Waals surface area contributed by atoms with E-state index in [0.717, 1.165) is 20.4 Å². The summed E-state index contributed by atoms with van der Waals surface area (Å²) < 4.78 is 32.5. The smallest absolute Gasteiger partial charge is 0.186 e. The Bertz CT molecular complexity index is 1150. The fourth-order valence-electron chi connectivity index (χ4n) is 2.48. The summed E-state index contributed by atoms with van der Waals surface area (Å²) >= 11 is 2.62. The minimum atomic E-state index is -1.51. The lowest BCUT2D eigenvalue weighted by Crippen LogP contribution is -2.32. The van der Waals surface area contributed by atoms with E-state index >= 15 is 4.39 Å². The Balaban J connectivity index is 1.87. The minimum absolute atomic E-state index is 0.119. The Morgan fingerprint density at radius 3 is 1.96 bits per heavy atom. The first-order valence-electron chi connectivity index (χ1n) is 8.63. The van der Waals surface area contributed by atoms with Crippen LogP contribution in [0.1, 0.15) is 30.8 Å². The molecule has 1 N–H and O–H groups in total. The quantitative estimate of drug-likeness (QED) is 0.447. The van der Waals surface area contributed by atoms with Crippen molar-refractivity contribution in [3.8, 4) is 0 Å². The highest BCUT2D eigenvalue weighted by molar-refractivity contribution is 7.84. The van der Waals surface area contributed by atoms with Crippen LogP contribution in [-0.4, -0.2) is 18.9 Å². The van der Waals surface area contributed by atoms with Crippen molar-refractivity contribution in [1.29, 1.82) is 0 Å². The number of benzene rings is 2. The second-order valence-electron chi connectivity index (χ2n) is 7.15. The van der Waals surface area contributed by atoms with Crippen molar-refractivity contribution in [3.63, 3.8) is 0 Å². The van der Waals surface area contributed by atoms with E-state index in [4.69, 9.17) is 0 Å². The van der Waals surface area contributed by atoms with Crippen molar-refractivity contribution in [2.75, 3.05) is 0 Å². The van der Waals surface area contributed by atoms with Gasteiger partial charge in [0, 0.05) is 0 Å². The minimum Gasteiger partial charge on any atom is -0.299 e. The maximum absolute atomic E-state index is 15.6. The lowest BCUT2D eigenvalue weighted by molar-refractivity contribution is 0.644. The topological polar surface area (TPSA) is 54.9 Å². The van der Waals surface area contributed by atoms with Gasteiger partial charge in [0.2, 0.25) is 0 Å². The number of aromatic nitrogens is 2. The van der Waals surface area contributed by atoms with E-state index in [-0.39, 0.29) is 10.7 Å². The predicted octanol–water partition coefficient (Wildman–Crippen LogP) is 5.75. The van der Waals surface area contributed by atoms with Gasteiger partial charge in [0.15, 0.2) is 10.8 Å². The van der Waals surface area contributed by atoms with Crippen molar-refractivity contribution in [2.45, 2.75) is 25.5 Å². The Labute approximate surface area is 172 Å². The van der Waals surface area contributed by atoms with Gasteiger partial charge >= 0.3 is 0 Å². The van der Waals surface area contributed by atoms with Crippen LogP contribution in [0.3, 0.4) is 0 Å². The second-order valence-corrected chi connectivity index (χ2v) is 11.2. The van der Waals surface area contributed by atoms with E-state index < -0.39 is 21.6 Å². The summed E-state index contributed by atoms with van der Waals surface area (Å²) in [6.07, 6.45) is 0. The predicted molar refractivity (Wildman–Crippen MR) is 118 cm³/mol. The van der Waals surface area contributed by atoms with Gasteiger partial charge in [-0.1, -0.05) is 24.3 Å². The van der Waals surface area contributed by atoms with Gasteiger partial charge in [0.1, 0.15) is 21.7 Å². The van der Waals surface area contributed by atoms with Crippen molar-refractivity contribution in [3.05, 3.63) is 58.5 Å². The summed E-state index contributed by atoms with van der Waals surface area (Å²) in [5.41, 5.74) is 1.63. The number of thiazole rings is 2. The number of hydrogen-bond donors (Lipinski definition) is 1.